The molecule has 9 nitrogen and oxygen atoms in total. The van der Waals surface area contributed by atoms with Gasteiger partial charge in [0.2, 0.25) is 10.0 Å². The van der Waals surface area contributed by atoms with Crippen molar-refractivity contribution in [1.82, 2.24) is 18.8 Å². The summed E-state index contributed by atoms with van der Waals surface area (Å²) in [6.45, 7) is 9.01. The number of aromatic nitrogens is 2. The van der Waals surface area contributed by atoms with Gasteiger partial charge in [-0.15, -0.1) is 0 Å². The molecule has 1 aromatic heterocycles. The summed E-state index contributed by atoms with van der Waals surface area (Å²) in [4.78, 5) is 32.1. The average molecular weight is 501 g/mol. The average Bonchev–Trinajstić information content (AvgIpc) is 2.71. The molecular weight excluding hydrogens is 468 g/mol. The summed E-state index contributed by atoms with van der Waals surface area (Å²) in [6, 6.07) is 11.6. The second kappa shape index (κ2) is 9.43. The van der Waals surface area contributed by atoms with E-state index in [2.05, 4.69) is 0 Å². The lowest BCUT2D eigenvalue weighted by molar-refractivity contribution is 0.0719. The number of carboxylic acid groups (broad SMARTS) is 1. The molecule has 0 radical (unpaired) electrons. The Morgan fingerprint density at radius 1 is 1.17 bits per heavy atom. The highest BCUT2D eigenvalue weighted by Gasteiger charge is 2.34. The molecule has 0 spiro atoms. The van der Waals surface area contributed by atoms with Crippen LogP contribution in [0.15, 0.2) is 47.3 Å². The molecule has 1 atom stereocenters. The van der Waals surface area contributed by atoms with Crippen molar-refractivity contribution < 1.29 is 18.3 Å². The van der Waals surface area contributed by atoms with Crippen LogP contribution in [-0.4, -0.2) is 57.2 Å². The highest BCUT2D eigenvalue weighted by Crippen LogP contribution is 2.29. The first-order valence-corrected chi connectivity index (χ1v) is 13.0. The summed E-state index contributed by atoms with van der Waals surface area (Å²) in [6.07, 6.45) is 0.00288. The van der Waals surface area contributed by atoms with Crippen molar-refractivity contribution >= 4 is 27.0 Å². The zero-order chi connectivity index (χ0) is 26.3. The highest BCUT2D eigenvalue weighted by molar-refractivity contribution is 7.88. The van der Waals surface area contributed by atoms with E-state index in [9.17, 15) is 23.1 Å². The molecular formula is C25H32N4O5S. The Hall–Kier alpha value is -3.24. The zero-order valence-electron chi connectivity index (χ0n) is 21.1. The first-order chi connectivity index (χ1) is 16.1. The number of benzene rings is 2. The van der Waals surface area contributed by atoms with E-state index in [4.69, 9.17) is 4.98 Å². The first kappa shape index (κ1) is 26.4. The van der Waals surface area contributed by atoms with E-state index in [1.54, 1.807) is 58.0 Å². The smallest absolute Gasteiger partial charge is 0.408 e. The van der Waals surface area contributed by atoms with Crippen LogP contribution in [0.2, 0.25) is 0 Å². The minimum Gasteiger partial charge on any atom is -0.465 e. The summed E-state index contributed by atoms with van der Waals surface area (Å²) >= 11 is 0. The minimum atomic E-state index is -3.40. The van der Waals surface area contributed by atoms with Crippen LogP contribution in [0.1, 0.15) is 50.7 Å². The molecule has 10 heteroatoms. The molecule has 1 N–H and O–H groups in total. The van der Waals surface area contributed by atoms with E-state index in [0.29, 0.717) is 22.2 Å². The van der Waals surface area contributed by atoms with Crippen molar-refractivity contribution in [2.45, 2.75) is 52.7 Å². The topological polar surface area (TPSA) is 113 Å². The molecule has 0 saturated carbocycles. The predicted octanol–water partition coefficient (Wildman–Crippen LogP) is 3.93. The summed E-state index contributed by atoms with van der Waals surface area (Å²) in [5, 5.41) is 10.4. The Bertz CT molecular complexity index is 1440. The van der Waals surface area contributed by atoms with Gasteiger partial charge in [0.25, 0.3) is 5.56 Å². The Balaban J connectivity index is 2.32. The van der Waals surface area contributed by atoms with E-state index >= 15 is 0 Å². The first-order valence-electron chi connectivity index (χ1n) is 11.2. The number of sulfonamides is 1. The summed E-state index contributed by atoms with van der Waals surface area (Å²) < 4.78 is 26.5. The number of amides is 1. The van der Waals surface area contributed by atoms with Crippen LogP contribution < -0.4 is 5.56 Å². The molecule has 2 aromatic carbocycles. The quantitative estimate of drug-likeness (QED) is 0.549. The van der Waals surface area contributed by atoms with Gasteiger partial charge in [-0.2, -0.15) is 0 Å². The van der Waals surface area contributed by atoms with Gasteiger partial charge < -0.3 is 5.11 Å². The maximum absolute atomic E-state index is 13.9. The molecule has 1 amide bonds. The number of carbonyl (C=O) groups is 1. The third kappa shape index (κ3) is 5.38. The van der Waals surface area contributed by atoms with Gasteiger partial charge in [-0.3, -0.25) is 14.3 Å². The predicted molar refractivity (Wildman–Crippen MR) is 136 cm³/mol. The highest BCUT2D eigenvalue weighted by atomic mass is 32.2. The maximum atomic E-state index is 13.9. The lowest BCUT2D eigenvalue weighted by Crippen LogP contribution is -2.47. The van der Waals surface area contributed by atoms with Gasteiger partial charge in [-0.25, -0.2) is 22.5 Å². The Kier molecular flexibility index (Phi) is 7.10. The Labute approximate surface area is 205 Å². The summed E-state index contributed by atoms with van der Waals surface area (Å²) in [7, 11) is -1.92. The van der Waals surface area contributed by atoms with Crippen molar-refractivity contribution in [3.63, 3.8) is 0 Å². The van der Waals surface area contributed by atoms with E-state index in [0.717, 1.165) is 11.8 Å². The van der Waals surface area contributed by atoms with Crippen molar-refractivity contribution in [2.24, 2.45) is 0 Å². The van der Waals surface area contributed by atoms with E-state index in [-0.39, 0.29) is 17.9 Å². The fourth-order valence-electron chi connectivity index (χ4n) is 4.26. The van der Waals surface area contributed by atoms with Gasteiger partial charge in [0.15, 0.2) is 0 Å². The molecule has 3 rings (SSSR count). The Morgan fingerprint density at radius 2 is 1.80 bits per heavy atom. The molecule has 35 heavy (non-hydrogen) atoms. The van der Waals surface area contributed by atoms with Gasteiger partial charge in [0.1, 0.15) is 5.82 Å². The van der Waals surface area contributed by atoms with Gasteiger partial charge in [-0.1, -0.05) is 24.3 Å². The van der Waals surface area contributed by atoms with Crippen LogP contribution in [0.3, 0.4) is 0 Å². The number of hydrogen-bond donors (Lipinski definition) is 1. The van der Waals surface area contributed by atoms with Crippen LogP contribution >= 0.6 is 0 Å². The molecule has 0 unspecified atom stereocenters. The van der Waals surface area contributed by atoms with Crippen molar-refractivity contribution in [2.75, 3.05) is 13.3 Å². The molecule has 0 saturated heterocycles. The third-order valence-electron chi connectivity index (χ3n) is 5.96. The molecule has 3 aromatic rings. The number of nitrogens with zero attached hydrogens (tertiary/aromatic N) is 4. The molecule has 0 aliphatic carbocycles. The van der Waals surface area contributed by atoms with Crippen LogP contribution in [0, 0.1) is 6.92 Å². The molecule has 1 heterocycles. The molecule has 188 valence electrons. The number of hydrogen-bond acceptors (Lipinski definition) is 5. The van der Waals surface area contributed by atoms with Crippen LogP contribution in [0.4, 0.5) is 4.79 Å². The normalized spacial score (nSPS) is 13.3. The van der Waals surface area contributed by atoms with Gasteiger partial charge in [0, 0.05) is 19.1 Å². The zero-order valence-corrected chi connectivity index (χ0v) is 21.9. The fourth-order valence-corrected chi connectivity index (χ4v) is 4.64. The SMILES string of the molecule is Cc1cccc2nc([C@H](C)N(C(=O)O)C(C)(C)C)n(-c3cccc(CN(C)S(C)(=O)=O)c3)c(=O)c12. The summed E-state index contributed by atoms with van der Waals surface area (Å²) in [5.41, 5.74) is 1.33. The molecule has 0 aliphatic rings. The molecule has 0 fully saturated rings. The Morgan fingerprint density at radius 3 is 2.37 bits per heavy atom. The monoisotopic (exact) mass is 500 g/mol. The number of aryl methyl sites for hydroxylation is 1. The number of rotatable bonds is 6. The molecule has 0 aliphatic heterocycles. The van der Waals surface area contributed by atoms with Crippen molar-refractivity contribution in [1.29, 1.82) is 0 Å². The third-order valence-corrected chi connectivity index (χ3v) is 7.22. The van der Waals surface area contributed by atoms with Gasteiger partial charge in [-0.05, 0) is 63.9 Å². The lowest BCUT2D eigenvalue weighted by Gasteiger charge is -2.38. The van der Waals surface area contributed by atoms with Gasteiger partial charge in [0.05, 0.1) is 28.9 Å². The van der Waals surface area contributed by atoms with E-state index in [1.807, 2.05) is 19.1 Å². The largest absolute Gasteiger partial charge is 0.465 e. The molecule has 0 bridgehead atoms. The van der Waals surface area contributed by atoms with Crippen molar-refractivity contribution in [3.8, 4) is 5.69 Å². The standard InChI is InChI=1S/C25H32N4O5S/c1-16-10-8-13-20-21(16)23(30)28(22(26-20)17(2)29(24(31)32)25(3,4)5)19-12-9-11-18(14-19)15-27(6)35(7,33)34/h8-14,17H,15H2,1-7H3,(H,31,32)/t17-/m0/s1. The van der Waals surface area contributed by atoms with E-state index < -0.39 is 27.7 Å². The lowest BCUT2D eigenvalue weighted by atomic mass is 10.0. The second-order valence-corrected chi connectivity index (χ2v) is 11.9. The number of fused-ring (bicyclic) bond motifs is 1. The van der Waals surface area contributed by atoms with Crippen LogP contribution in [0.25, 0.3) is 16.6 Å². The van der Waals surface area contributed by atoms with Crippen LogP contribution in [0.5, 0.6) is 0 Å². The van der Waals surface area contributed by atoms with Crippen molar-refractivity contribution in [3.05, 3.63) is 69.8 Å². The van der Waals surface area contributed by atoms with E-state index in [1.165, 1.54) is 20.8 Å². The van der Waals surface area contributed by atoms with Crippen LogP contribution in [-0.2, 0) is 16.6 Å². The minimum absolute atomic E-state index is 0.121. The second-order valence-electron chi connectivity index (χ2n) is 9.77. The van der Waals surface area contributed by atoms with Gasteiger partial charge >= 0.3 is 6.09 Å². The fraction of sp³-hybridized carbons (Fsp3) is 0.400. The summed E-state index contributed by atoms with van der Waals surface area (Å²) in [5.74, 6) is 0.277. The maximum Gasteiger partial charge on any atom is 0.408 e.